The van der Waals surface area contributed by atoms with Crippen LogP contribution in [-0.4, -0.2) is 30.3 Å². The highest BCUT2D eigenvalue weighted by Crippen LogP contribution is 2.11. The predicted octanol–water partition coefficient (Wildman–Crippen LogP) is 3.54. The first-order valence-corrected chi connectivity index (χ1v) is 6.72. The van der Waals surface area contributed by atoms with E-state index in [0.29, 0.717) is 18.4 Å². The van der Waals surface area contributed by atoms with Gasteiger partial charge in [0.15, 0.2) is 5.78 Å². The van der Waals surface area contributed by atoms with Gasteiger partial charge in [-0.1, -0.05) is 37.6 Å². The Balaban J connectivity index is 2.51. The molecule has 1 aromatic rings. The fourth-order valence-electron chi connectivity index (χ4n) is 1.95. The summed E-state index contributed by atoms with van der Waals surface area (Å²) in [5.41, 5.74) is 1.98. The van der Waals surface area contributed by atoms with Gasteiger partial charge in [0.05, 0.1) is 0 Å². The maximum atomic E-state index is 12.1. The lowest BCUT2D eigenvalue weighted by Crippen LogP contribution is -2.34. The SMILES string of the molecule is Cc1cccc(C(=O)CCN(C)C(C)C(C)C)c1. The minimum atomic E-state index is 0.238. The first kappa shape index (κ1) is 14.9. The largest absolute Gasteiger partial charge is 0.303 e. The number of nitrogens with zero attached hydrogens (tertiary/aromatic N) is 1. The van der Waals surface area contributed by atoms with E-state index in [1.54, 1.807) is 0 Å². The van der Waals surface area contributed by atoms with Crippen LogP contribution < -0.4 is 0 Å². The zero-order valence-corrected chi connectivity index (χ0v) is 12.2. The van der Waals surface area contributed by atoms with Crippen molar-refractivity contribution in [3.63, 3.8) is 0 Å². The van der Waals surface area contributed by atoms with Gasteiger partial charge in [0.25, 0.3) is 0 Å². The van der Waals surface area contributed by atoms with E-state index in [0.717, 1.165) is 17.7 Å². The lowest BCUT2D eigenvalue weighted by molar-refractivity contribution is 0.0955. The third-order valence-electron chi connectivity index (χ3n) is 3.69. The number of carbonyl (C=O) groups excluding carboxylic acids is 1. The zero-order chi connectivity index (χ0) is 13.7. The molecule has 0 spiro atoms. The smallest absolute Gasteiger partial charge is 0.164 e. The van der Waals surface area contributed by atoms with E-state index in [2.05, 4.69) is 32.7 Å². The van der Waals surface area contributed by atoms with Gasteiger partial charge in [-0.2, -0.15) is 0 Å². The first-order valence-electron chi connectivity index (χ1n) is 6.72. The van der Waals surface area contributed by atoms with E-state index in [1.807, 2.05) is 31.2 Å². The van der Waals surface area contributed by atoms with Crippen LogP contribution in [0.3, 0.4) is 0 Å². The summed E-state index contributed by atoms with van der Waals surface area (Å²) in [6.45, 7) is 9.48. The third-order valence-corrected chi connectivity index (χ3v) is 3.69. The van der Waals surface area contributed by atoms with Crippen molar-refractivity contribution in [2.24, 2.45) is 5.92 Å². The van der Waals surface area contributed by atoms with E-state index in [9.17, 15) is 4.79 Å². The Morgan fingerprint density at radius 1 is 1.28 bits per heavy atom. The second-order valence-electron chi connectivity index (χ2n) is 5.51. The number of benzene rings is 1. The molecule has 100 valence electrons. The van der Waals surface area contributed by atoms with Crippen molar-refractivity contribution in [1.29, 1.82) is 0 Å². The quantitative estimate of drug-likeness (QED) is 0.717. The van der Waals surface area contributed by atoms with Crippen LogP contribution in [0.4, 0.5) is 0 Å². The maximum Gasteiger partial charge on any atom is 0.164 e. The standard InChI is InChI=1S/C16H25NO/c1-12(2)14(4)17(5)10-9-16(18)15-8-6-7-13(3)11-15/h6-8,11-12,14H,9-10H2,1-5H3. The lowest BCUT2D eigenvalue weighted by atomic mass is 10.0. The molecule has 1 atom stereocenters. The fraction of sp³-hybridized carbons (Fsp3) is 0.562. The monoisotopic (exact) mass is 247 g/mol. The highest BCUT2D eigenvalue weighted by molar-refractivity contribution is 5.96. The molecule has 0 saturated carbocycles. The van der Waals surface area contributed by atoms with Crippen LogP contribution in [0.5, 0.6) is 0 Å². The second kappa shape index (κ2) is 6.69. The number of carbonyl (C=O) groups is 1. The van der Waals surface area contributed by atoms with Crippen LogP contribution in [0.25, 0.3) is 0 Å². The molecule has 18 heavy (non-hydrogen) atoms. The molecule has 1 unspecified atom stereocenters. The summed E-state index contributed by atoms with van der Waals surface area (Å²) in [4.78, 5) is 14.3. The second-order valence-corrected chi connectivity index (χ2v) is 5.51. The number of aryl methyl sites for hydroxylation is 1. The van der Waals surface area contributed by atoms with Crippen molar-refractivity contribution in [3.05, 3.63) is 35.4 Å². The topological polar surface area (TPSA) is 20.3 Å². The number of hydrogen-bond acceptors (Lipinski definition) is 2. The Hall–Kier alpha value is -1.15. The summed E-state index contributed by atoms with van der Waals surface area (Å²) < 4.78 is 0. The Labute approximate surface area is 111 Å². The Morgan fingerprint density at radius 3 is 2.50 bits per heavy atom. The third kappa shape index (κ3) is 4.26. The molecule has 2 nitrogen and oxygen atoms in total. The molecule has 0 N–H and O–H groups in total. The molecule has 0 heterocycles. The van der Waals surface area contributed by atoms with E-state index in [-0.39, 0.29) is 5.78 Å². The van der Waals surface area contributed by atoms with Crippen molar-refractivity contribution >= 4 is 5.78 Å². The number of ketones is 1. The molecule has 0 amide bonds. The maximum absolute atomic E-state index is 12.1. The van der Waals surface area contributed by atoms with E-state index in [4.69, 9.17) is 0 Å². The molecule has 0 fully saturated rings. The van der Waals surface area contributed by atoms with Crippen LogP contribution in [0.2, 0.25) is 0 Å². The molecule has 0 aliphatic carbocycles. The van der Waals surface area contributed by atoms with Crippen LogP contribution in [0.15, 0.2) is 24.3 Å². The Kier molecular flexibility index (Phi) is 5.54. The van der Waals surface area contributed by atoms with Gasteiger partial charge in [0, 0.05) is 24.6 Å². The van der Waals surface area contributed by atoms with E-state index in [1.165, 1.54) is 0 Å². The number of Topliss-reactive ketones (excluding diaryl/α,β-unsaturated/α-hetero) is 1. The molecule has 1 rings (SSSR count). The lowest BCUT2D eigenvalue weighted by Gasteiger charge is -2.27. The summed E-state index contributed by atoms with van der Waals surface area (Å²) in [5.74, 6) is 0.852. The van der Waals surface area contributed by atoms with E-state index >= 15 is 0 Å². The minimum absolute atomic E-state index is 0.238. The molecular formula is C16H25NO. The van der Waals surface area contributed by atoms with Gasteiger partial charge in [-0.25, -0.2) is 0 Å². The average molecular weight is 247 g/mol. The summed E-state index contributed by atoms with van der Waals surface area (Å²) in [6.07, 6.45) is 0.594. The molecule has 0 saturated heterocycles. The summed E-state index contributed by atoms with van der Waals surface area (Å²) in [5, 5.41) is 0. The van der Waals surface area contributed by atoms with Gasteiger partial charge in [-0.05, 0) is 32.9 Å². The van der Waals surface area contributed by atoms with Gasteiger partial charge in [0.2, 0.25) is 0 Å². The van der Waals surface area contributed by atoms with Gasteiger partial charge < -0.3 is 4.90 Å². The molecule has 1 aromatic carbocycles. The number of hydrogen-bond donors (Lipinski definition) is 0. The molecule has 0 aliphatic heterocycles. The van der Waals surface area contributed by atoms with Crippen molar-refractivity contribution in [2.75, 3.05) is 13.6 Å². The molecule has 0 bridgehead atoms. The Morgan fingerprint density at radius 2 is 1.94 bits per heavy atom. The van der Waals surface area contributed by atoms with Gasteiger partial charge in [0.1, 0.15) is 0 Å². The highest BCUT2D eigenvalue weighted by atomic mass is 16.1. The van der Waals surface area contributed by atoms with Crippen molar-refractivity contribution < 1.29 is 4.79 Å². The average Bonchev–Trinajstić information content (AvgIpc) is 2.34. The van der Waals surface area contributed by atoms with E-state index < -0.39 is 0 Å². The number of rotatable bonds is 6. The Bertz CT molecular complexity index is 398. The van der Waals surface area contributed by atoms with Crippen LogP contribution in [0, 0.1) is 12.8 Å². The molecular weight excluding hydrogens is 222 g/mol. The van der Waals surface area contributed by atoms with Crippen LogP contribution >= 0.6 is 0 Å². The molecule has 0 aliphatic rings. The van der Waals surface area contributed by atoms with Crippen molar-refractivity contribution in [2.45, 2.75) is 40.2 Å². The van der Waals surface area contributed by atoms with Gasteiger partial charge in [-0.15, -0.1) is 0 Å². The molecule has 2 heteroatoms. The van der Waals surface area contributed by atoms with Crippen molar-refractivity contribution in [1.82, 2.24) is 4.90 Å². The zero-order valence-electron chi connectivity index (χ0n) is 12.2. The van der Waals surface area contributed by atoms with Gasteiger partial charge in [-0.3, -0.25) is 4.79 Å². The summed E-state index contributed by atoms with van der Waals surface area (Å²) >= 11 is 0. The summed E-state index contributed by atoms with van der Waals surface area (Å²) in [7, 11) is 2.09. The van der Waals surface area contributed by atoms with Gasteiger partial charge >= 0.3 is 0 Å². The van der Waals surface area contributed by atoms with Crippen molar-refractivity contribution in [3.8, 4) is 0 Å². The van der Waals surface area contributed by atoms with Crippen LogP contribution in [-0.2, 0) is 0 Å². The normalized spacial score (nSPS) is 13.1. The fourth-order valence-corrected chi connectivity index (χ4v) is 1.95. The minimum Gasteiger partial charge on any atom is -0.303 e. The molecule has 0 radical (unpaired) electrons. The highest BCUT2D eigenvalue weighted by Gasteiger charge is 2.14. The predicted molar refractivity (Wildman–Crippen MR) is 77.1 cm³/mol. The summed E-state index contributed by atoms with van der Waals surface area (Å²) in [6, 6.07) is 8.35. The first-order chi connectivity index (χ1) is 8.41. The van der Waals surface area contributed by atoms with Crippen LogP contribution in [0.1, 0.15) is 43.1 Å². The molecule has 0 aromatic heterocycles.